The van der Waals surface area contributed by atoms with E-state index in [1.807, 2.05) is 33.8 Å². The van der Waals surface area contributed by atoms with Gasteiger partial charge in [0.25, 0.3) is 0 Å². The second kappa shape index (κ2) is 9.05. The Morgan fingerprint density at radius 2 is 2.17 bits per heavy atom. The lowest BCUT2D eigenvalue weighted by atomic mass is 10.2. The zero-order valence-corrected chi connectivity index (χ0v) is 13.3. The Labute approximate surface area is 118 Å². The Bertz CT molecular complexity index is 382. The Balaban J connectivity index is 0.00000137. The van der Waals surface area contributed by atoms with Gasteiger partial charge in [-0.15, -0.1) is 0 Å². The summed E-state index contributed by atoms with van der Waals surface area (Å²) in [5.74, 6) is 0.677. The monoisotopic (exact) mass is 315 g/mol. The van der Waals surface area contributed by atoms with Crippen molar-refractivity contribution in [2.24, 2.45) is 0 Å². The first-order valence-electron chi connectivity index (χ1n) is 6.13. The van der Waals surface area contributed by atoms with Crippen LogP contribution in [-0.4, -0.2) is 23.5 Å². The average Bonchev–Trinajstić information content (AvgIpc) is 2.34. The maximum atomic E-state index is 7.68. The number of hydrogen-bond acceptors (Lipinski definition) is 4. The highest BCUT2D eigenvalue weighted by atomic mass is 79.9. The first kappa shape index (κ1) is 17.1. The molecule has 5 heteroatoms. The number of pyridine rings is 1. The molecule has 0 amide bonds. The summed E-state index contributed by atoms with van der Waals surface area (Å²) in [6, 6.07) is 1.87. The van der Waals surface area contributed by atoms with Crippen molar-refractivity contribution in [2.45, 2.75) is 40.8 Å². The maximum absolute atomic E-state index is 7.68. The van der Waals surface area contributed by atoms with Crippen molar-refractivity contribution in [1.29, 1.82) is 5.41 Å². The number of rotatable bonds is 5. The van der Waals surface area contributed by atoms with Gasteiger partial charge < -0.3 is 15.5 Å². The van der Waals surface area contributed by atoms with E-state index in [1.54, 1.807) is 13.1 Å². The van der Waals surface area contributed by atoms with Crippen molar-refractivity contribution in [3.8, 4) is 0 Å². The molecular weight excluding hydrogens is 294 g/mol. The van der Waals surface area contributed by atoms with Crippen LogP contribution in [0, 0.1) is 5.41 Å². The number of halogens is 1. The van der Waals surface area contributed by atoms with Crippen LogP contribution >= 0.6 is 15.9 Å². The van der Waals surface area contributed by atoms with Gasteiger partial charge in [-0.3, -0.25) is 0 Å². The van der Waals surface area contributed by atoms with Crippen molar-refractivity contribution < 1.29 is 4.74 Å². The standard InChI is InChI=1S/C11H16BrN3O.C2H6/c1-4-16-8(3)15-11-10(7(2)13)5-9(12)6-14-11;1-2/h5-6,8,13H,4H2,1-3H3,(H,14,15);1-2H3. The van der Waals surface area contributed by atoms with Gasteiger partial charge in [0, 0.05) is 28.6 Å². The third-order valence-electron chi connectivity index (χ3n) is 2.01. The third kappa shape index (κ3) is 5.60. The molecule has 1 heterocycles. The topological polar surface area (TPSA) is 58.0 Å². The molecule has 1 unspecified atom stereocenters. The van der Waals surface area contributed by atoms with E-state index in [9.17, 15) is 0 Å². The van der Waals surface area contributed by atoms with Crippen LogP contribution in [0.25, 0.3) is 0 Å². The van der Waals surface area contributed by atoms with E-state index in [-0.39, 0.29) is 6.23 Å². The third-order valence-corrected chi connectivity index (χ3v) is 2.45. The van der Waals surface area contributed by atoms with Crippen LogP contribution in [0.2, 0.25) is 0 Å². The molecule has 1 rings (SSSR count). The minimum Gasteiger partial charge on any atom is -0.359 e. The molecule has 0 aliphatic heterocycles. The molecule has 0 fully saturated rings. The molecule has 0 saturated heterocycles. The van der Waals surface area contributed by atoms with Gasteiger partial charge in [0.05, 0.1) is 0 Å². The Kier molecular flexibility index (Phi) is 8.58. The van der Waals surface area contributed by atoms with Crippen molar-refractivity contribution in [2.75, 3.05) is 11.9 Å². The summed E-state index contributed by atoms with van der Waals surface area (Å²) in [6.07, 6.45) is 1.59. The van der Waals surface area contributed by atoms with E-state index in [0.717, 1.165) is 10.0 Å². The van der Waals surface area contributed by atoms with Crippen LogP contribution < -0.4 is 5.32 Å². The number of aromatic nitrogens is 1. The molecule has 1 atom stereocenters. The SMILES string of the molecule is CC.CCOC(C)Nc1ncc(Br)cc1C(C)=N. The van der Waals surface area contributed by atoms with Gasteiger partial charge in [0.1, 0.15) is 12.0 Å². The smallest absolute Gasteiger partial charge is 0.137 e. The largest absolute Gasteiger partial charge is 0.359 e. The van der Waals surface area contributed by atoms with Crippen LogP contribution in [0.5, 0.6) is 0 Å². The molecule has 1 aromatic heterocycles. The molecule has 0 radical (unpaired) electrons. The van der Waals surface area contributed by atoms with Crippen LogP contribution in [0.1, 0.15) is 40.2 Å². The first-order chi connectivity index (χ1) is 8.54. The predicted molar refractivity (Wildman–Crippen MR) is 80.5 cm³/mol. The van der Waals surface area contributed by atoms with Crippen LogP contribution in [0.15, 0.2) is 16.7 Å². The van der Waals surface area contributed by atoms with Gasteiger partial charge in [0.15, 0.2) is 0 Å². The van der Waals surface area contributed by atoms with Crippen LogP contribution in [0.4, 0.5) is 5.82 Å². The van der Waals surface area contributed by atoms with E-state index in [2.05, 4.69) is 26.2 Å². The molecule has 0 aromatic carbocycles. The number of nitrogens with zero attached hydrogens (tertiary/aromatic N) is 1. The minimum absolute atomic E-state index is 0.114. The molecule has 0 saturated carbocycles. The first-order valence-corrected chi connectivity index (χ1v) is 6.93. The van der Waals surface area contributed by atoms with Gasteiger partial charge in [0.2, 0.25) is 0 Å². The maximum Gasteiger partial charge on any atom is 0.137 e. The second-order valence-electron chi connectivity index (χ2n) is 3.42. The average molecular weight is 316 g/mol. The molecule has 4 nitrogen and oxygen atoms in total. The highest BCUT2D eigenvalue weighted by Crippen LogP contribution is 2.19. The van der Waals surface area contributed by atoms with Gasteiger partial charge in [-0.1, -0.05) is 13.8 Å². The number of hydrogen-bond donors (Lipinski definition) is 2. The second-order valence-corrected chi connectivity index (χ2v) is 4.33. The Hall–Kier alpha value is -0.940. The lowest BCUT2D eigenvalue weighted by molar-refractivity contribution is 0.0958. The molecule has 0 spiro atoms. The summed E-state index contributed by atoms with van der Waals surface area (Å²) in [5.41, 5.74) is 1.25. The Morgan fingerprint density at radius 3 is 2.67 bits per heavy atom. The number of ether oxygens (including phenoxy) is 1. The molecule has 0 aliphatic carbocycles. The number of anilines is 1. The zero-order valence-electron chi connectivity index (χ0n) is 11.7. The van der Waals surface area contributed by atoms with E-state index in [4.69, 9.17) is 10.1 Å². The molecular formula is C13H22BrN3O. The Morgan fingerprint density at radius 1 is 1.56 bits per heavy atom. The van der Waals surface area contributed by atoms with Crippen molar-refractivity contribution in [1.82, 2.24) is 4.98 Å². The van der Waals surface area contributed by atoms with Crippen LogP contribution in [-0.2, 0) is 4.74 Å². The molecule has 0 bridgehead atoms. The molecule has 1 aromatic rings. The zero-order chi connectivity index (χ0) is 14.1. The fourth-order valence-electron chi connectivity index (χ4n) is 1.32. The van der Waals surface area contributed by atoms with E-state index >= 15 is 0 Å². The van der Waals surface area contributed by atoms with Crippen molar-refractivity contribution in [3.05, 3.63) is 22.3 Å². The summed E-state index contributed by atoms with van der Waals surface area (Å²) in [6.45, 7) is 10.2. The number of nitrogens with one attached hydrogen (secondary N) is 2. The highest BCUT2D eigenvalue weighted by Gasteiger charge is 2.09. The van der Waals surface area contributed by atoms with Gasteiger partial charge in [-0.2, -0.15) is 0 Å². The molecule has 2 N–H and O–H groups in total. The fraction of sp³-hybridized carbons (Fsp3) is 0.538. The van der Waals surface area contributed by atoms with E-state index < -0.39 is 0 Å². The lowest BCUT2D eigenvalue weighted by Crippen LogP contribution is -2.21. The van der Waals surface area contributed by atoms with E-state index in [1.165, 1.54) is 0 Å². The summed E-state index contributed by atoms with van der Waals surface area (Å²) in [4.78, 5) is 4.24. The lowest BCUT2D eigenvalue weighted by Gasteiger charge is -2.16. The van der Waals surface area contributed by atoms with Gasteiger partial charge >= 0.3 is 0 Å². The molecule has 102 valence electrons. The normalized spacial score (nSPS) is 11.2. The highest BCUT2D eigenvalue weighted by molar-refractivity contribution is 9.10. The predicted octanol–water partition coefficient (Wildman–Crippen LogP) is 4.05. The summed E-state index contributed by atoms with van der Waals surface area (Å²) in [7, 11) is 0. The minimum atomic E-state index is -0.114. The van der Waals surface area contributed by atoms with Crippen LogP contribution in [0.3, 0.4) is 0 Å². The summed E-state index contributed by atoms with van der Waals surface area (Å²) >= 11 is 3.34. The van der Waals surface area contributed by atoms with Crippen molar-refractivity contribution in [3.63, 3.8) is 0 Å². The van der Waals surface area contributed by atoms with E-state index in [0.29, 0.717) is 18.1 Å². The summed E-state index contributed by atoms with van der Waals surface area (Å²) in [5, 5.41) is 10.8. The fourth-order valence-corrected chi connectivity index (χ4v) is 1.66. The summed E-state index contributed by atoms with van der Waals surface area (Å²) < 4.78 is 6.24. The van der Waals surface area contributed by atoms with Gasteiger partial charge in [-0.25, -0.2) is 4.98 Å². The van der Waals surface area contributed by atoms with Crippen molar-refractivity contribution >= 4 is 27.5 Å². The molecule has 0 aliphatic rings. The van der Waals surface area contributed by atoms with Gasteiger partial charge in [-0.05, 0) is 42.8 Å². The molecule has 18 heavy (non-hydrogen) atoms. The quantitative estimate of drug-likeness (QED) is 0.636.